The Kier molecular flexibility index (Phi) is 6.05. The Morgan fingerprint density at radius 2 is 1.96 bits per heavy atom. The molecule has 0 saturated carbocycles. The highest BCUT2D eigenvalue weighted by Crippen LogP contribution is 2.12. The Balaban J connectivity index is 1.63. The largest absolute Gasteiger partial charge is 0.370 e. The minimum atomic E-state index is -0.309. The summed E-state index contributed by atoms with van der Waals surface area (Å²) in [6.07, 6.45) is 0.839. The van der Waals surface area contributed by atoms with Crippen LogP contribution in [0.1, 0.15) is 19.2 Å². The zero-order valence-corrected chi connectivity index (χ0v) is 16.0. The topological polar surface area (TPSA) is 73.5 Å². The summed E-state index contributed by atoms with van der Waals surface area (Å²) in [5.41, 5.74) is 6.55. The normalized spacial score (nSPS) is 15.3. The van der Waals surface area contributed by atoms with Crippen molar-refractivity contribution in [3.63, 3.8) is 0 Å². The molecule has 1 aliphatic rings. The molecule has 1 aromatic carbocycles. The number of nitrogens with zero attached hydrogens (tertiary/aromatic N) is 4. The highest BCUT2D eigenvalue weighted by molar-refractivity contribution is 7.71. The van der Waals surface area contributed by atoms with Crippen LogP contribution < -0.4 is 15.5 Å². The third-order valence-corrected chi connectivity index (χ3v) is 5.31. The van der Waals surface area contributed by atoms with Crippen molar-refractivity contribution in [2.24, 2.45) is 5.73 Å². The Labute approximate surface area is 159 Å². The number of para-hydroxylation sites is 1. The molecule has 0 radical (unpaired) electrons. The number of rotatable bonds is 7. The maximum absolute atomic E-state index is 11.1. The fourth-order valence-corrected chi connectivity index (χ4v) is 3.76. The minimum absolute atomic E-state index is 0.300. The highest BCUT2D eigenvalue weighted by atomic mass is 32.1. The summed E-state index contributed by atoms with van der Waals surface area (Å²) in [6, 6.07) is 10.5. The molecular weight excluding hydrogens is 348 g/mol. The Morgan fingerprint density at radius 1 is 1.27 bits per heavy atom. The number of quaternary nitrogens is 1. The van der Waals surface area contributed by atoms with Crippen LogP contribution in [0, 0.1) is 4.77 Å². The number of aromatic nitrogens is 3. The molecule has 2 heterocycles. The number of carbonyl (C=O) groups excluding carboxylic acids is 1. The summed E-state index contributed by atoms with van der Waals surface area (Å²) in [7, 11) is 0. The number of primary amides is 1. The lowest BCUT2D eigenvalue weighted by atomic mass is 10.2. The molecular formula is C18H27N6OS+. The van der Waals surface area contributed by atoms with Crippen molar-refractivity contribution in [1.82, 2.24) is 14.3 Å². The van der Waals surface area contributed by atoms with Crippen molar-refractivity contribution in [2.75, 3.05) is 31.1 Å². The van der Waals surface area contributed by atoms with Gasteiger partial charge in [-0.1, -0.05) is 18.2 Å². The Bertz CT molecular complexity index is 792. The summed E-state index contributed by atoms with van der Waals surface area (Å²) in [5, 5.41) is 4.66. The van der Waals surface area contributed by atoms with Crippen molar-refractivity contribution in [2.45, 2.75) is 33.0 Å². The van der Waals surface area contributed by atoms with Crippen molar-refractivity contribution >= 4 is 23.8 Å². The van der Waals surface area contributed by atoms with Crippen LogP contribution in [-0.4, -0.2) is 46.4 Å². The van der Waals surface area contributed by atoms with Gasteiger partial charge >= 0.3 is 0 Å². The smallest absolute Gasteiger partial charge is 0.217 e. The van der Waals surface area contributed by atoms with Gasteiger partial charge in [0, 0.05) is 25.1 Å². The average Bonchev–Trinajstić information content (AvgIpc) is 2.96. The summed E-state index contributed by atoms with van der Waals surface area (Å²) in [6.45, 7) is 7.70. The number of nitrogens with one attached hydrogen (secondary N) is 1. The van der Waals surface area contributed by atoms with E-state index in [2.05, 4.69) is 34.3 Å². The molecule has 26 heavy (non-hydrogen) atoms. The molecule has 1 amide bonds. The number of amides is 1. The van der Waals surface area contributed by atoms with Gasteiger partial charge < -0.3 is 20.1 Å². The summed E-state index contributed by atoms with van der Waals surface area (Å²) in [5.74, 6) is 0.536. The van der Waals surface area contributed by atoms with E-state index in [4.69, 9.17) is 18.0 Å². The van der Waals surface area contributed by atoms with Crippen LogP contribution in [0.5, 0.6) is 0 Å². The molecule has 3 rings (SSSR count). The SMILES string of the molecule is CCn1c(CCC(N)=O)nn(C[NH+]2CCN(c3ccccc3)CC2)c1=S. The van der Waals surface area contributed by atoms with Gasteiger partial charge in [-0.25, -0.2) is 0 Å². The van der Waals surface area contributed by atoms with Gasteiger partial charge in [0.1, 0.15) is 5.82 Å². The number of anilines is 1. The molecule has 1 aromatic heterocycles. The quantitative estimate of drug-likeness (QED) is 0.679. The van der Waals surface area contributed by atoms with Gasteiger partial charge in [0.2, 0.25) is 10.7 Å². The summed E-state index contributed by atoms with van der Waals surface area (Å²) in [4.78, 5) is 15.0. The monoisotopic (exact) mass is 375 g/mol. The molecule has 7 nitrogen and oxygen atoms in total. The van der Waals surface area contributed by atoms with Crippen LogP contribution in [-0.2, 0) is 24.4 Å². The summed E-state index contributed by atoms with van der Waals surface area (Å²) < 4.78 is 4.63. The number of benzene rings is 1. The first-order chi connectivity index (χ1) is 12.6. The van der Waals surface area contributed by atoms with Gasteiger partial charge in [-0.05, 0) is 31.3 Å². The maximum atomic E-state index is 11.1. The van der Waals surface area contributed by atoms with Crippen molar-refractivity contribution in [3.05, 3.63) is 40.9 Å². The van der Waals surface area contributed by atoms with Crippen LogP contribution in [0.4, 0.5) is 5.69 Å². The zero-order chi connectivity index (χ0) is 18.5. The van der Waals surface area contributed by atoms with Crippen molar-refractivity contribution in [3.8, 4) is 0 Å². The fourth-order valence-electron chi connectivity index (χ4n) is 3.42. The molecule has 1 saturated heterocycles. The average molecular weight is 376 g/mol. The molecule has 3 N–H and O–H groups in total. The van der Waals surface area contributed by atoms with Crippen LogP contribution in [0.3, 0.4) is 0 Å². The van der Waals surface area contributed by atoms with Gasteiger partial charge in [0.15, 0.2) is 6.67 Å². The molecule has 0 atom stereocenters. The van der Waals surface area contributed by atoms with E-state index in [1.54, 1.807) is 0 Å². The minimum Gasteiger partial charge on any atom is -0.370 e. The standard InChI is InChI=1S/C18H26N6OS/c1-2-23-17(9-8-16(19)25)20-24(18(23)26)14-21-10-12-22(13-11-21)15-6-4-3-5-7-15/h3-7H,2,8-14H2,1H3,(H2,19,25)/p+1. The van der Waals surface area contributed by atoms with Gasteiger partial charge in [-0.3, -0.25) is 4.79 Å². The van der Waals surface area contributed by atoms with Crippen LogP contribution in [0.25, 0.3) is 0 Å². The summed E-state index contributed by atoms with van der Waals surface area (Å²) >= 11 is 5.58. The van der Waals surface area contributed by atoms with E-state index >= 15 is 0 Å². The van der Waals surface area contributed by atoms with Gasteiger partial charge in [-0.2, -0.15) is 9.78 Å². The second-order valence-electron chi connectivity index (χ2n) is 6.64. The van der Waals surface area contributed by atoms with E-state index in [9.17, 15) is 4.79 Å². The van der Waals surface area contributed by atoms with Crippen molar-refractivity contribution < 1.29 is 9.69 Å². The molecule has 0 spiro atoms. The molecule has 2 aromatic rings. The van der Waals surface area contributed by atoms with E-state index in [-0.39, 0.29) is 5.91 Å². The predicted molar refractivity (Wildman–Crippen MR) is 104 cm³/mol. The van der Waals surface area contributed by atoms with Gasteiger partial charge in [-0.15, -0.1) is 0 Å². The third kappa shape index (κ3) is 4.31. The van der Waals surface area contributed by atoms with Gasteiger partial charge in [0.25, 0.3) is 0 Å². The van der Waals surface area contributed by atoms with E-state index < -0.39 is 0 Å². The number of aryl methyl sites for hydroxylation is 1. The fraction of sp³-hybridized carbons (Fsp3) is 0.500. The Hall–Kier alpha value is -2.19. The molecule has 0 bridgehead atoms. The first kappa shape index (κ1) is 18.6. The second kappa shape index (κ2) is 8.46. The zero-order valence-electron chi connectivity index (χ0n) is 15.2. The molecule has 140 valence electrons. The van der Waals surface area contributed by atoms with E-state index in [1.807, 2.05) is 22.2 Å². The number of hydrogen-bond donors (Lipinski definition) is 2. The first-order valence-corrected chi connectivity index (χ1v) is 9.57. The van der Waals surface area contributed by atoms with E-state index in [1.165, 1.54) is 10.6 Å². The lowest BCUT2D eigenvalue weighted by molar-refractivity contribution is -0.924. The molecule has 0 aliphatic carbocycles. The number of carbonyl (C=O) groups is 1. The third-order valence-electron chi connectivity index (χ3n) is 4.88. The number of nitrogens with two attached hydrogens (primary N) is 1. The molecule has 1 fully saturated rings. The molecule has 1 aliphatic heterocycles. The van der Waals surface area contributed by atoms with E-state index in [0.29, 0.717) is 12.8 Å². The van der Waals surface area contributed by atoms with Crippen LogP contribution >= 0.6 is 12.2 Å². The van der Waals surface area contributed by atoms with Crippen molar-refractivity contribution in [1.29, 1.82) is 0 Å². The maximum Gasteiger partial charge on any atom is 0.217 e. The number of hydrogen-bond acceptors (Lipinski definition) is 4. The lowest BCUT2D eigenvalue weighted by Crippen LogP contribution is -3.14. The second-order valence-corrected chi connectivity index (χ2v) is 7.00. The Morgan fingerprint density at radius 3 is 2.58 bits per heavy atom. The highest BCUT2D eigenvalue weighted by Gasteiger charge is 2.22. The van der Waals surface area contributed by atoms with E-state index in [0.717, 1.165) is 50.0 Å². The molecule has 8 heteroatoms. The van der Waals surface area contributed by atoms with Gasteiger partial charge in [0.05, 0.1) is 26.2 Å². The lowest BCUT2D eigenvalue weighted by Gasteiger charge is -2.33. The predicted octanol–water partition coefficient (Wildman–Crippen LogP) is 0.214. The van der Waals surface area contributed by atoms with Crippen LogP contribution in [0.2, 0.25) is 0 Å². The molecule has 0 unspecified atom stereocenters. The van der Waals surface area contributed by atoms with Crippen LogP contribution in [0.15, 0.2) is 30.3 Å². The number of piperazine rings is 1. The first-order valence-electron chi connectivity index (χ1n) is 9.17.